The first-order chi connectivity index (χ1) is 46.0. The van der Waals surface area contributed by atoms with Gasteiger partial charge in [0.1, 0.15) is 13.2 Å². The third-order valence-corrected chi connectivity index (χ3v) is 20.2. The van der Waals surface area contributed by atoms with Gasteiger partial charge in [-0.3, -0.25) is 9.36 Å². The number of unbranched alkanes of at least 4 members (excludes halogenated alkanes) is 57. The van der Waals surface area contributed by atoms with Gasteiger partial charge in [0.25, 0.3) is 7.82 Å². The number of hydrogen-bond acceptors (Lipinski definition) is 6. The molecule has 0 aromatic rings. The van der Waals surface area contributed by atoms with E-state index in [4.69, 9.17) is 9.05 Å². The van der Waals surface area contributed by atoms with Crippen molar-refractivity contribution in [1.82, 2.24) is 5.32 Å². The molecule has 0 heterocycles. The van der Waals surface area contributed by atoms with E-state index in [-0.39, 0.29) is 19.1 Å². The Labute approximate surface area is 587 Å². The molecule has 0 aliphatic carbocycles. The van der Waals surface area contributed by atoms with Crippen LogP contribution in [-0.4, -0.2) is 68.5 Å². The maximum Gasteiger partial charge on any atom is 0.268 e. The summed E-state index contributed by atoms with van der Waals surface area (Å²) < 4.78 is 23.5. The summed E-state index contributed by atoms with van der Waals surface area (Å²) in [5.74, 6) is -0.199. The van der Waals surface area contributed by atoms with E-state index >= 15 is 0 Å². The Morgan fingerprint density at radius 1 is 0.372 bits per heavy atom. The number of aliphatic hydroxyl groups excluding tert-OH is 1. The van der Waals surface area contributed by atoms with Crippen LogP contribution in [0, 0.1) is 0 Å². The lowest BCUT2D eigenvalue weighted by Crippen LogP contribution is -2.45. The Balaban J connectivity index is 3.94. The smallest absolute Gasteiger partial charge is 0.268 e. The van der Waals surface area contributed by atoms with Gasteiger partial charge < -0.3 is 28.8 Å². The average molecular weight is 1340 g/mol. The fourth-order valence-electron chi connectivity index (χ4n) is 12.8. The average Bonchev–Trinajstić information content (AvgIpc) is 1.77. The summed E-state index contributed by atoms with van der Waals surface area (Å²) in [6, 6.07) is -0.906. The highest BCUT2D eigenvalue weighted by Crippen LogP contribution is 2.38. The largest absolute Gasteiger partial charge is 0.756 e. The SMILES string of the molecule is CCCCCCC/C=C\C/C=C\C/C=C\CCCCCCCCCCCCCCCCCCCCCCCCCCCCC(=O)NC(COP(=O)([O-])OCC[N+](C)(C)C)C(O)/C=C/CC/C=C/CCCCCCCCCCCCCCCCCCCCCCCCCCC. The predicted molar refractivity (Wildman–Crippen MR) is 413 cm³/mol. The number of allylic oxidation sites excluding steroid dienone is 9. The van der Waals surface area contributed by atoms with Gasteiger partial charge in [0.15, 0.2) is 0 Å². The van der Waals surface area contributed by atoms with Crippen LogP contribution in [0.25, 0.3) is 0 Å². The number of hydrogen-bond donors (Lipinski definition) is 2. The third-order valence-electron chi connectivity index (χ3n) is 19.2. The highest BCUT2D eigenvalue weighted by molar-refractivity contribution is 7.45. The summed E-state index contributed by atoms with van der Waals surface area (Å²) >= 11 is 0. The van der Waals surface area contributed by atoms with Gasteiger partial charge in [-0.1, -0.05) is 408 Å². The van der Waals surface area contributed by atoms with Crippen molar-refractivity contribution >= 4 is 13.7 Å². The summed E-state index contributed by atoms with van der Waals surface area (Å²) in [5, 5.41) is 14.0. The number of rotatable bonds is 78. The molecule has 0 aliphatic heterocycles. The van der Waals surface area contributed by atoms with Crippen LogP contribution in [0.5, 0.6) is 0 Å². The fourth-order valence-corrected chi connectivity index (χ4v) is 13.5. The molecule has 9 heteroatoms. The number of nitrogens with zero attached hydrogens (tertiary/aromatic N) is 1. The monoisotopic (exact) mass is 1340 g/mol. The lowest BCUT2D eigenvalue weighted by Gasteiger charge is -2.29. The summed E-state index contributed by atoms with van der Waals surface area (Å²) in [7, 11) is 1.26. The Morgan fingerprint density at radius 3 is 0.936 bits per heavy atom. The first-order valence-electron chi connectivity index (χ1n) is 41.7. The zero-order chi connectivity index (χ0) is 68.3. The van der Waals surface area contributed by atoms with Gasteiger partial charge in [-0.15, -0.1) is 0 Å². The molecule has 94 heavy (non-hydrogen) atoms. The normalized spacial score (nSPS) is 13.7. The van der Waals surface area contributed by atoms with Gasteiger partial charge >= 0.3 is 0 Å². The summed E-state index contributed by atoms with van der Waals surface area (Å²) in [6.45, 7) is 4.68. The zero-order valence-electron chi connectivity index (χ0n) is 63.7. The van der Waals surface area contributed by atoms with E-state index in [1.54, 1.807) is 6.08 Å². The Bertz CT molecular complexity index is 1720. The first kappa shape index (κ1) is 92.2. The summed E-state index contributed by atoms with van der Waals surface area (Å²) in [5.41, 5.74) is 0. The van der Waals surface area contributed by atoms with Crippen molar-refractivity contribution in [1.29, 1.82) is 0 Å². The number of amides is 1. The Hall–Kier alpha value is -1.80. The standard InChI is InChI=1S/C85H163N2O6P/c1-6-8-10-12-14-16-18-20-22-24-26-28-30-32-34-36-38-39-40-41-42-43-44-45-46-47-49-51-53-55-57-59-61-63-65-67-69-71-73-75-77-79-85(89)86-83(82-93-94(90,91)92-81-80-87(3,4)5)84(88)78-76-74-72-70-68-66-64-62-60-58-56-54-52-50-48-37-35-33-31-29-27-25-23-21-19-17-15-13-11-9-7-2/h18,20,24,26,30,32,68,70,76,78,83-84,88H,6-17,19,21-23,25,27-29,31,33-67,69,71-75,77,79-82H2,1-5H3,(H-,86,89,90,91)/b20-18-,26-24-,32-30-,70-68+,78-76+. The molecule has 0 saturated carbocycles. The Kier molecular flexibility index (Phi) is 74.0. The number of quaternary nitrogens is 1. The van der Waals surface area contributed by atoms with Crippen LogP contribution >= 0.6 is 7.82 Å². The van der Waals surface area contributed by atoms with Gasteiger partial charge in [0.05, 0.1) is 39.9 Å². The lowest BCUT2D eigenvalue weighted by molar-refractivity contribution is -0.870. The number of phosphoric ester groups is 1. The third kappa shape index (κ3) is 77.6. The van der Waals surface area contributed by atoms with E-state index in [1.165, 1.54) is 353 Å². The maximum absolute atomic E-state index is 13.1. The van der Waals surface area contributed by atoms with E-state index in [9.17, 15) is 19.4 Å². The molecule has 2 N–H and O–H groups in total. The predicted octanol–water partition coefficient (Wildman–Crippen LogP) is 26.8. The molecule has 0 fully saturated rings. The van der Waals surface area contributed by atoms with Crippen molar-refractivity contribution in [2.45, 2.75) is 437 Å². The van der Waals surface area contributed by atoms with Crippen LogP contribution < -0.4 is 10.2 Å². The molecule has 0 spiro atoms. The minimum absolute atomic E-state index is 0.00506. The molecule has 0 aliphatic rings. The molecule has 1 amide bonds. The molecule has 8 nitrogen and oxygen atoms in total. The maximum atomic E-state index is 13.1. The molecule has 0 radical (unpaired) electrons. The number of likely N-dealkylation sites (N-methyl/N-ethyl adjacent to an activating group) is 1. The molecule has 554 valence electrons. The highest BCUT2D eigenvalue weighted by Gasteiger charge is 2.23. The quantitative estimate of drug-likeness (QED) is 0.0272. The number of nitrogens with one attached hydrogen (secondary N) is 1. The number of carbonyl (C=O) groups excluding carboxylic acids is 1. The molecule has 0 bridgehead atoms. The zero-order valence-corrected chi connectivity index (χ0v) is 64.6. The number of phosphoric acid groups is 1. The van der Waals surface area contributed by atoms with Gasteiger partial charge in [-0.2, -0.15) is 0 Å². The van der Waals surface area contributed by atoms with E-state index in [0.29, 0.717) is 17.4 Å². The molecule has 3 unspecified atom stereocenters. The van der Waals surface area contributed by atoms with Crippen molar-refractivity contribution in [3.63, 3.8) is 0 Å². The van der Waals surface area contributed by atoms with Crippen LogP contribution in [0.1, 0.15) is 425 Å². The van der Waals surface area contributed by atoms with Gasteiger partial charge in [-0.05, 0) is 70.6 Å². The molecular weight excluding hydrogens is 1180 g/mol. The van der Waals surface area contributed by atoms with E-state index in [2.05, 4.69) is 67.8 Å². The van der Waals surface area contributed by atoms with Crippen molar-refractivity contribution in [3.05, 3.63) is 60.8 Å². The molecular formula is C85H163N2O6P. The fraction of sp³-hybridized carbons (Fsp3) is 0.871. The molecule has 3 atom stereocenters. The first-order valence-corrected chi connectivity index (χ1v) is 43.1. The Morgan fingerprint density at radius 2 is 0.628 bits per heavy atom. The molecule has 0 rings (SSSR count). The van der Waals surface area contributed by atoms with Crippen LogP contribution in [0.2, 0.25) is 0 Å². The number of aliphatic hydroxyl groups is 1. The van der Waals surface area contributed by atoms with Crippen molar-refractivity contribution in [2.75, 3.05) is 40.9 Å². The highest BCUT2D eigenvalue weighted by atomic mass is 31.2. The minimum Gasteiger partial charge on any atom is -0.756 e. The van der Waals surface area contributed by atoms with E-state index < -0.39 is 20.0 Å². The lowest BCUT2D eigenvalue weighted by atomic mass is 10.0. The second kappa shape index (κ2) is 75.4. The van der Waals surface area contributed by atoms with Gasteiger partial charge in [-0.25, -0.2) is 0 Å². The molecule has 0 saturated heterocycles. The van der Waals surface area contributed by atoms with Crippen molar-refractivity contribution in [3.8, 4) is 0 Å². The van der Waals surface area contributed by atoms with E-state index in [1.807, 2.05) is 27.2 Å². The van der Waals surface area contributed by atoms with Crippen LogP contribution in [0.15, 0.2) is 60.8 Å². The summed E-state index contributed by atoms with van der Waals surface area (Å²) in [4.78, 5) is 25.7. The van der Waals surface area contributed by atoms with E-state index in [0.717, 1.165) is 51.4 Å². The van der Waals surface area contributed by atoms with Crippen LogP contribution in [-0.2, 0) is 18.4 Å². The van der Waals surface area contributed by atoms with Crippen molar-refractivity contribution in [2.24, 2.45) is 0 Å². The summed E-state index contributed by atoms with van der Waals surface area (Å²) in [6.07, 6.45) is 106. The van der Waals surface area contributed by atoms with Gasteiger partial charge in [0, 0.05) is 6.42 Å². The van der Waals surface area contributed by atoms with Crippen LogP contribution in [0.3, 0.4) is 0 Å². The second-order valence-electron chi connectivity index (χ2n) is 29.8. The number of carbonyl (C=O) groups is 1. The van der Waals surface area contributed by atoms with Crippen LogP contribution in [0.4, 0.5) is 0 Å². The van der Waals surface area contributed by atoms with Gasteiger partial charge in [0.2, 0.25) is 5.91 Å². The van der Waals surface area contributed by atoms with Crippen molar-refractivity contribution < 1.29 is 32.9 Å². The molecule has 0 aromatic heterocycles. The second-order valence-corrected chi connectivity index (χ2v) is 31.2. The minimum atomic E-state index is -4.62. The topological polar surface area (TPSA) is 108 Å². The molecule has 0 aromatic carbocycles.